The summed E-state index contributed by atoms with van der Waals surface area (Å²) in [6.45, 7) is 0. The molecule has 3 rings (SSSR count). The molecule has 0 fully saturated rings. The Morgan fingerprint density at radius 3 is 3.07 bits per heavy atom. The molecule has 0 saturated heterocycles. The molecule has 0 atom stereocenters. The van der Waals surface area contributed by atoms with E-state index in [9.17, 15) is 0 Å². The molecule has 0 aliphatic heterocycles. The third-order valence-corrected chi connectivity index (χ3v) is 2.30. The van der Waals surface area contributed by atoms with Crippen molar-refractivity contribution in [3.05, 3.63) is 48.7 Å². The van der Waals surface area contributed by atoms with Gasteiger partial charge in [-0.3, -0.25) is 0 Å². The lowest BCUT2D eigenvalue weighted by molar-refractivity contribution is 1.08. The maximum absolute atomic E-state index is 4.06. The van der Waals surface area contributed by atoms with E-state index in [0.717, 1.165) is 16.3 Å². The molecule has 0 bridgehead atoms. The van der Waals surface area contributed by atoms with Crippen molar-refractivity contribution in [3.8, 4) is 0 Å². The lowest BCUT2D eigenvalue weighted by atomic mass is 10.1. The van der Waals surface area contributed by atoms with Crippen LogP contribution in [0, 0.1) is 6.07 Å². The molecule has 0 N–H and O–H groups in total. The van der Waals surface area contributed by atoms with Gasteiger partial charge in [0.1, 0.15) is 0 Å². The van der Waals surface area contributed by atoms with Crippen molar-refractivity contribution in [2.45, 2.75) is 0 Å². The first-order chi connectivity index (χ1) is 6.93. The van der Waals surface area contributed by atoms with Gasteiger partial charge in [0.15, 0.2) is 0 Å². The maximum atomic E-state index is 4.06. The average molecular weight is 179 g/mol. The molecule has 0 spiro atoms. The molecule has 0 amide bonds. The third kappa shape index (κ3) is 1.04. The largest absolute Gasteiger partial charge is 0.159 e. The van der Waals surface area contributed by atoms with Crippen LogP contribution in [-0.2, 0) is 0 Å². The van der Waals surface area contributed by atoms with Crippen LogP contribution in [0.4, 0.5) is 0 Å². The van der Waals surface area contributed by atoms with E-state index in [2.05, 4.69) is 28.4 Å². The van der Waals surface area contributed by atoms with Crippen molar-refractivity contribution in [1.29, 1.82) is 0 Å². The molecule has 0 aliphatic carbocycles. The van der Waals surface area contributed by atoms with Gasteiger partial charge >= 0.3 is 0 Å². The van der Waals surface area contributed by atoms with E-state index in [4.69, 9.17) is 0 Å². The van der Waals surface area contributed by atoms with Crippen molar-refractivity contribution < 1.29 is 0 Å². The zero-order chi connectivity index (χ0) is 9.38. The van der Waals surface area contributed by atoms with Crippen LogP contribution in [0.3, 0.4) is 0 Å². The lowest BCUT2D eigenvalue weighted by Crippen LogP contribution is -1.82. The summed E-state index contributed by atoms with van der Waals surface area (Å²) in [7, 11) is 0. The summed E-state index contributed by atoms with van der Waals surface area (Å²) in [6.07, 6.45) is 1.71. The van der Waals surface area contributed by atoms with Gasteiger partial charge in [-0.1, -0.05) is 18.2 Å². The summed E-state index contributed by atoms with van der Waals surface area (Å²) in [5.41, 5.74) is 0.919. The van der Waals surface area contributed by atoms with Gasteiger partial charge in [-0.05, 0) is 35.0 Å². The summed E-state index contributed by atoms with van der Waals surface area (Å²) in [6, 6.07) is 15.2. The van der Waals surface area contributed by atoms with Crippen LogP contribution in [0.5, 0.6) is 0 Å². The third-order valence-electron chi connectivity index (χ3n) is 2.30. The Morgan fingerprint density at radius 2 is 2.07 bits per heavy atom. The molecule has 1 aromatic heterocycles. The highest BCUT2D eigenvalue weighted by molar-refractivity contribution is 5.95. The van der Waals surface area contributed by atoms with E-state index in [1.165, 1.54) is 5.39 Å². The Balaban J connectivity index is 2.52. The number of nitrogens with zero attached hydrogens (tertiary/aromatic N) is 2. The molecule has 2 nitrogen and oxygen atoms in total. The summed E-state index contributed by atoms with van der Waals surface area (Å²) in [4.78, 5) is 0. The molecule has 3 aromatic rings. The Bertz CT molecular complexity index is 497. The van der Waals surface area contributed by atoms with Crippen LogP contribution >= 0.6 is 0 Å². The molecule has 2 heteroatoms. The smallest absolute Gasteiger partial charge is 0.0936 e. The van der Waals surface area contributed by atoms with Crippen molar-refractivity contribution in [2.24, 2.45) is 0 Å². The number of hydrogen-bond donors (Lipinski definition) is 0. The average Bonchev–Trinajstić information content (AvgIpc) is 2.26. The highest BCUT2D eigenvalue weighted by Crippen LogP contribution is 2.19. The number of fused-ring (bicyclic) bond motifs is 2. The quantitative estimate of drug-likeness (QED) is 0.496. The van der Waals surface area contributed by atoms with Gasteiger partial charge in [-0.25, -0.2) is 0 Å². The van der Waals surface area contributed by atoms with Crippen molar-refractivity contribution in [1.82, 2.24) is 10.2 Å². The maximum Gasteiger partial charge on any atom is 0.0936 e. The fourth-order valence-corrected chi connectivity index (χ4v) is 1.60. The topological polar surface area (TPSA) is 25.8 Å². The van der Waals surface area contributed by atoms with E-state index in [0.29, 0.717) is 0 Å². The minimum atomic E-state index is 0.919. The van der Waals surface area contributed by atoms with Crippen LogP contribution in [0.25, 0.3) is 21.7 Å². The number of benzene rings is 2. The molecule has 65 valence electrons. The summed E-state index contributed by atoms with van der Waals surface area (Å²) >= 11 is 0. The van der Waals surface area contributed by atoms with Gasteiger partial charge in [0.05, 0.1) is 11.7 Å². The normalized spacial score (nSPS) is 10.9. The van der Waals surface area contributed by atoms with Crippen molar-refractivity contribution in [2.75, 3.05) is 0 Å². The fourth-order valence-electron chi connectivity index (χ4n) is 1.60. The monoisotopic (exact) mass is 179 g/mol. The van der Waals surface area contributed by atoms with E-state index < -0.39 is 0 Å². The second-order valence-corrected chi connectivity index (χ2v) is 3.20. The van der Waals surface area contributed by atoms with Gasteiger partial charge in [-0.2, -0.15) is 10.2 Å². The van der Waals surface area contributed by atoms with E-state index in [1.54, 1.807) is 6.20 Å². The summed E-state index contributed by atoms with van der Waals surface area (Å²) < 4.78 is 0. The van der Waals surface area contributed by atoms with E-state index in [1.807, 2.05) is 24.3 Å². The molecule has 1 heterocycles. The Morgan fingerprint density at radius 1 is 1.07 bits per heavy atom. The minimum absolute atomic E-state index is 0.919. The van der Waals surface area contributed by atoms with Crippen LogP contribution in [-0.4, -0.2) is 10.2 Å². The first kappa shape index (κ1) is 7.44. The first-order valence-corrected chi connectivity index (χ1v) is 4.45. The summed E-state index contributed by atoms with van der Waals surface area (Å²) in [5.74, 6) is 0. The van der Waals surface area contributed by atoms with E-state index in [-0.39, 0.29) is 0 Å². The Labute approximate surface area is 81.2 Å². The minimum Gasteiger partial charge on any atom is -0.159 e. The molecule has 0 aliphatic rings. The number of aromatic nitrogens is 2. The fraction of sp³-hybridized carbons (Fsp3) is 0. The van der Waals surface area contributed by atoms with Crippen LogP contribution in [0.2, 0.25) is 0 Å². The summed E-state index contributed by atoms with van der Waals surface area (Å²) in [5, 5.41) is 11.3. The Kier molecular flexibility index (Phi) is 1.47. The zero-order valence-corrected chi connectivity index (χ0v) is 7.44. The van der Waals surface area contributed by atoms with Crippen LogP contribution in [0.15, 0.2) is 42.6 Å². The number of hydrogen-bond acceptors (Lipinski definition) is 2. The standard InChI is InChI=1S/C12H7N2/c1-2-4-10-8-12-11(5-6-13-14-12)7-9(10)3-1/h1-3,5-8H. The Hall–Kier alpha value is -1.96. The van der Waals surface area contributed by atoms with Crippen molar-refractivity contribution in [3.63, 3.8) is 0 Å². The highest BCUT2D eigenvalue weighted by atomic mass is 15.1. The number of rotatable bonds is 0. The molecule has 0 saturated carbocycles. The molecule has 1 radical (unpaired) electrons. The molecular formula is C12H7N2. The predicted octanol–water partition coefficient (Wildman–Crippen LogP) is 2.58. The van der Waals surface area contributed by atoms with Crippen LogP contribution < -0.4 is 0 Å². The van der Waals surface area contributed by atoms with E-state index >= 15 is 0 Å². The molecule has 14 heavy (non-hydrogen) atoms. The first-order valence-electron chi connectivity index (χ1n) is 4.45. The molecular weight excluding hydrogens is 172 g/mol. The highest BCUT2D eigenvalue weighted by Gasteiger charge is 1.97. The predicted molar refractivity (Wildman–Crippen MR) is 55.9 cm³/mol. The molecule has 0 unspecified atom stereocenters. The lowest BCUT2D eigenvalue weighted by Gasteiger charge is -1.99. The second-order valence-electron chi connectivity index (χ2n) is 3.20. The van der Waals surface area contributed by atoms with Crippen LogP contribution in [0.1, 0.15) is 0 Å². The van der Waals surface area contributed by atoms with Gasteiger partial charge in [0.25, 0.3) is 0 Å². The van der Waals surface area contributed by atoms with Crippen molar-refractivity contribution >= 4 is 21.7 Å². The second kappa shape index (κ2) is 2.77. The molecule has 2 aromatic carbocycles. The van der Waals surface area contributed by atoms with Gasteiger partial charge in [0, 0.05) is 5.39 Å². The van der Waals surface area contributed by atoms with Gasteiger partial charge in [-0.15, -0.1) is 0 Å². The van der Waals surface area contributed by atoms with Gasteiger partial charge < -0.3 is 0 Å². The SMILES string of the molecule is [c]1cccc2cc3ccnnc3cc12. The van der Waals surface area contributed by atoms with Gasteiger partial charge in [0.2, 0.25) is 0 Å². The zero-order valence-electron chi connectivity index (χ0n) is 7.44.